The van der Waals surface area contributed by atoms with Crippen molar-refractivity contribution in [1.82, 2.24) is 4.98 Å². The summed E-state index contributed by atoms with van der Waals surface area (Å²) in [6.45, 7) is 0. The molecule has 2 nitrogen and oxygen atoms in total. The van der Waals surface area contributed by atoms with Crippen LogP contribution in [0.2, 0.25) is 0 Å². The highest BCUT2D eigenvalue weighted by Gasteiger charge is 2.24. The lowest BCUT2D eigenvalue weighted by Gasteiger charge is -2.21. The normalized spacial score (nSPS) is 16.5. The third kappa shape index (κ3) is 2.54. The van der Waals surface area contributed by atoms with E-state index in [0.29, 0.717) is 22.3 Å². The average molecular weight is 294 g/mol. The van der Waals surface area contributed by atoms with Crippen LogP contribution in [0.5, 0.6) is 0 Å². The molecule has 1 fully saturated rings. The van der Waals surface area contributed by atoms with Gasteiger partial charge in [-0.15, -0.1) is 11.3 Å². The van der Waals surface area contributed by atoms with Crippen LogP contribution in [0.25, 0.3) is 11.3 Å². The molecule has 1 aromatic heterocycles. The first-order chi connectivity index (χ1) is 9.65. The van der Waals surface area contributed by atoms with Gasteiger partial charge in [-0.3, -0.25) is 0 Å². The summed E-state index contributed by atoms with van der Waals surface area (Å²) >= 11 is 1.43. The number of rotatable bonds is 2. The minimum Gasteiger partial charge on any atom is -0.375 e. The van der Waals surface area contributed by atoms with Gasteiger partial charge in [-0.05, 0) is 30.9 Å². The molecular formula is C15H16F2N2S. The highest BCUT2D eigenvalue weighted by molar-refractivity contribution is 7.15. The zero-order valence-electron chi connectivity index (χ0n) is 11.0. The molecule has 3 rings (SSSR count). The maximum absolute atomic E-state index is 14.0. The maximum atomic E-state index is 14.0. The van der Waals surface area contributed by atoms with Crippen molar-refractivity contribution in [3.63, 3.8) is 0 Å². The van der Waals surface area contributed by atoms with Crippen LogP contribution >= 0.6 is 11.3 Å². The van der Waals surface area contributed by atoms with Crippen molar-refractivity contribution in [2.75, 3.05) is 5.73 Å². The van der Waals surface area contributed by atoms with Crippen molar-refractivity contribution in [3.05, 3.63) is 34.7 Å². The third-order valence-corrected chi connectivity index (χ3v) is 4.88. The van der Waals surface area contributed by atoms with Crippen LogP contribution in [0.15, 0.2) is 18.2 Å². The highest BCUT2D eigenvalue weighted by atomic mass is 32.1. The summed E-state index contributed by atoms with van der Waals surface area (Å²) in [4.78, 5) is 5.33. The van der Waals surface area contributed by atoms with Crippen molar-refractivity contribution in [2.45, 2.75) is 38.0 Å². The summed E-state index contributed by atoms with van der Waals surface area (Å²) in [7, 11) is 0. The van der Waals surface area contributed by atoms with Crippen molar-refractivity contribution in [3.8, 4) is 11.3 Å². The summed E-state index contributed by atoms with van der Waals surface area (Å²) < 4.78 is 27.0. The van der Waals surface area contributed by atoms with Crippen LogP contribution in [0.1, 0.15) is 42.9 Å². The van der Waals surface area contributed by atoms with Crippen molar-refractivity contribution in [2.24, 2.45) is 0 Å². The molecule has 1 saturated carbocycles. The summed E-state index contributed by atoms with van der Waals surface area (Å²) in [5, 5.41) is 0.448. The predicted molar refractivity (Wildman–Crippen MR) is 77.7 cm³/mol. The summed E-state index contributed by atoms with van der Waals surface area (Å²) in [6.07, 6.45) is 5.82. The number of thiazole rings is 1. The largest absolute Gasteiger partial charge is 0.375 e. The molecule has 0 saturated heterocycles. The van der Waals surface area contributed by atoms with Crippen LogP contribution in [-0.2, 0) is 0 Å². The molecule has 0 radical (unpaired) electrons. The van der Waals surface area contributed by atoms with Crippen LogP contribution in [-0.4, -0.2) is 4.98 Å². The second-order valence-electron chi connectivity index (χ2n) is 5.22. The molecule has 20 heavy (non-hydrogen) atoms. The van der Waals surface area contributed by atoms with E-state index in [9.17, 15) is 8.78 Å². The van der Waals surface area contributed by atoms with Gasteiger partial charge in [0.1, 0.15) is 11.6 Å². The lowest BCUT2D eigenvalue weighted by molar-refractivity contribution is 0.448. The second-order valence-corrected chi connectivity index (χ2v) is 6.29. The Balaban J connectivity index is 2.04. The van der Waals surface area contributed by atoms with Gasteiger partial charge in [0.05, 0.1) is 5.69 Å². The molecule has 1 aromatic carbocycles. The fourth-order valence-electron chi connectivity index (χ4n) is 2.87. The second kappa shape index (κ2) is 5.48. The van der Waals surface area contributed by atoms with Gasteiger partial charge in [0.25, 0.3) is 0 Å². The van der Waals surface area contributed by atoms with Gasteiger partial charge < -0.3 is 5.73 Å². The van der Waals surface area contributed by atoms with E-state index in [1.165, 1.54) is 42.7 Å². The minimum atomic E-state index is -0.577. The van der Waals surface area contributed by atoms with Crippen LogP contribution < -0.4 is 5.73 Å². The summed E-state index contributed by atoms with van der Waals surface area (Å²) in [5.74, 6) is -0.751. The maximum Gasteiger partial charge on any atom is 0.180 e. The van der Waals surface area contributed by atoms with Gasteiger partial charge in [-0.2, -0.15) is 0 Å². The molecule has 1 heterocycles. The highest BCUT2D eigenvalue weighted by Crippen LogP contribution is 2.42. The van der Waals surface area contributed by atoms with E-state index in [1.807, 2.05) is 0 Å². The fraction of sp³-hybridized carbons (Fsp3) is 0.400. The smallest absolute Gasteiger partial charge is 0.180 e. The van der Waals surface area contributed by atoms with Crippen molar-refractivity contribution in [1.29, 1.82) is 0 Å². The Kier molecular flexibility index (Phi) is 3.70. The number of nitrogen functional groups attached to an aromatic ring is 1. The molecule has 0 aliphatic heterocycles. The molecule has 0 amide bonds. The summed E-state index contributed by atoms with van der Waals surface area (Å²) in [5.41, 5.74) is 6.76. The van der Waals surface area contributed by atoms with Gasteiger partial charge >= 0.3 is 0 Å². The molecule has 1 aliphatic carbocycles. The number of anilines is 1. The molecule has 0 atom stereocenters. The van der Waals surface area contributed by atoms with Crippen LogP contribution in [0.3, 0.4) is 0 Å². The topological polar surface area (TPSA) is 38.9 Å². The van der Waals surface area contributed by atoms with Crippen molar-refractivity contribution < 1.29 is 8.78 Å². The quantitative estimate of drug-likeness (QED) is 0.870. The van der Waals surface area contributed by atoms with E-state index in [4.69, 9.17) is 5.73 Å². The number of nitrogens with zero attached hydrogens (tertiary/aromatic N) is 1. The first-order valence-electron chi connectivity index (χ1n) is 6.87. The Labute approximate surface area is 120 Å². The molecule has 106 valence electrons. The zero-order chi connectivity index (χ0) is 14.1. The van der Waals surface area contributed by atoms with Gasteiger partial charge in [-0.1, -0.05) is 19.3 Å². The molecule has 0 spiro atoms. The van der Waals surface area contributed by atoms with Gasteiger partial charge in [-0.25, -0.2) is 13.8 Å². The van der Waals surface area contributed by atoms with E-state index in [1.54, 1.807) is 0 Å². The fourth-order valence-corrected chi connectivity index (χ4v) is 3.88. The molecule has 1 aliphatic rings. The first-order valence-corrected chi connectivity index (χ1v) is 7.68. The first kappa shape index (κ1) is 13.5. The Bertz CT molecular complexity index is 618. The zero-order valence-corrected chi connectivity index (χ0v) is 11.9. The summed E-state index contributed by atoms with van der Waals surface area (Å²) in [6, 6.07) is 3.61. The molecule has 0 unspecified atom stereocenters. The molecular weight excluding hydrogens is 278 g/mol. The van der Waals surface area contributed by atoms with E-state index in [2.05, 4.69) is 4.98 Å². The van der Waals surface area contributed by atoms with Crippen LogP contribution in [0.4, 0.5) is 13.9 Å². The van der Waals surface area contributed by atoms with Gasteiger partial charge in [0, 0.05) is 16.5 Å². The van der Waals surface area contributed by atoms with Gasteiger partial charge in [0.2, 0.25) is 0 Å². The standard InChI is InChI=1S/C15H16F2N2S/c16-10-6-7-11(12(17)8-10)13-14(20-15(18)19-13)9-4-2-1-3-5-9/h6-9H,1-5H2,(H2,18,19). The number of nitrogens with two attached hydrogens (primary N) is 1. The van der Waals surface area contributed by atoms with E-state index in [0.717, 1.165) is 23.8 Å². The SMILES string of the molecule is Nc1nc(-c2ccc(F)cc2F)c(C2CCCCC2)s1. The lowest BCUT2D eigenvalue weighted by Crippen LogP contribution is -2.04. The van der Waals surface area contributed by atoms with E-state index >= 15 is 0 Å². The number of aromatic nitrogens is 1. The predicted octanol–water partition coefficient (Wildman–Crippen LogP) is 4.72. The lowest BCUT2D eigenvalue weighted by atomic mass is 9.87. The van der Waals surface area contributed by atoms with Crippen molar-refractivity contribution >= 4 is 16.5 Å². The number of hydrogen-bond donors (Lipinski definition) is 1. The Morgan fingerprint density at radius 3 is 2.60 bits per heavy atom. The van der Waals surface area contributed by atoms with E-state index < -0.39 is 11.6 Å². The number of hydrogen-bond acceptors (Lipinski definition) is 3. The number of benzene rings is 1. The average Bonchev–Trinajstić information content (AvgIpc) is 2.81. The van der Waals surface area contributed by atoms with Gasteiger partial charge in [0.15, 0.2) is 5.13 Å². The van der Waals surface area contributed by atoms with Crippen LogP contribution in [0, 0.1) is 11.6 Å². The monoisotopic (exact) mass is 294 g/mol. The third-order valence-electron chi connectivity index (χ3n) is 3.83. The molecule has 2 N–H and O–H groups in total. The molecule has 0 bridgehead atoms. The Morgan fingerprint density at radius 2 is 1.90 bits per heavy atom. The Hall–Kier alpha value is -1.49. The van der Waals surface area contributed by atoms with E-state index in [-0.39, 0.29) is 0 Å². The Morgan fingerprint density at radius 1 is 1.15 bits per heavy atom. The molecule has 5 heteroatoms. The number of halogens is 2. The minimum absolute atomic E-state index is 0.347. The molecule has 2 aromatic rings.